The second-order valence-corrected chi connectivity index (χ2v) is 7.43. The van der Waals surface area contributed by atoms with Crippen LogP contribution in [0.3, 0.4) is 0 Å². The van der Waals surface area contributed by atoms with Crippen LogP contribution in [0.4, 0.5) is 8.78 Å². The standard InChI is InChI=1S/C20H19F2NO3S/c1-27-13-5-2-11(3-6-13)18(10-19(24)25)23-20(26)15-9-14(15)12-4-7-16(21)17(22)8-12/h2-8,14-15,18H,9-10H2,1H3,(H,23,26)(H,24,25). The summed E-state index contributed by atoms with van der Waals surface area (Å²) in [4.78, 5) is 24.8. The third kappa shape index (κ3) is 4.66. The van der Waals surface area contributed by atoms with Crippen molar-refractivity contribution in [2.45, 2.75) is 29.7 Å². The van der Waals surface area contributed by atoms with Gasteiger partial charge in [-0.15, -0.1) is 11.8 Å². The molecule has 142 valence electrons. The lowest BCUT2D eigenvalue weighted by Crippen LogP contribution is -2.31. The second-order valence-electron chi connectivity index (χ2n) is 6.55. The van der Waals surface area contributed by atoms with Gasteiger partial charge in [0.2, 0.25) is 5.91 Å². The number of hydrogen-bond donors (Lipinski definition) is 2. The van der Waals surface area contributed by atoms with Crippen molar-refractivity contribution < 1.29 is 23.5 Å². The Labute approximate surface area is 160 Å². The molecule has 3 atom stereocenters. The largest absolute Gasteiger partial charge is 0.481 e. The fourth-order valence-electron chi connectivity index (χ4n) is 3.14. The molecule has 0 aromatic heterocycles. The molecule has 1 fully saturated rings. The number of benzene rings is 2. The lowest BCUT2D eigenvalue weighted by molar-refractivity contribution is -0.137. The summed E-state index contributed by atoms with van der Waals surface area (Å²) < 4.78 is 26.5. The fourth-order valence-corrected chi connectivity index (χ4v) is 3.55. The van der Waals surface area contributed by atoms with E-state index in [0.29, 0.717) is 17.5 Å². The summed E-state index contributed by atoms with van der Waals surface area (Å²) in [7, 11) is 0. The Kier molecular flexibility index (Phi) is 5.79. The molecule has 0 aliphatic heterocycles. The van der Waals surface area contributed by atoms with Gasteiger partial charge < -0.3 is 10.4 Å². The molecule has 4 nitrogen and oxygen atoms in total. The van der Waals surface area contributed by atoms with E-state index in [4.69, 9.17) is 5.11 Å². The van der Waals surface area contributed by atoms with E-state index in [9.17, 15) is 18.4 Å². The molecule has 2 aromatic rings. The summed E-state index contributed by atoms with van der Waals surface area (Å²) >= 11 is 1.57. The lowest BCUT2D eigenvalue weighted by atomic mass is 10.0. The Hall–Kier alpha value is -2.41. The molecule has 1 aliphatic carbocycles. The minimum absolute atomic E-state index is 0.176. The third-order valence-electron chi connectivity index (χ3n) is 4.71. The molecule has 0 heterocycles. The van der Waals surface area contributed by atoms with Crippen molar-refractivity contribution in [2.75, 3.05) is 6.26 Å². The van der Waals surface area contributed by atoms with Gasteiger partial charge in [0.1, 0.15) is 0 Å². The van der Waals surface area contributed by atoms with Gasteiger partial charge in [0, 0.05) is 10.8 Å². The Morgan fingerprint density at radius 3 is 2.48 bits per heavy atom. The molecule has 2 aromatic carbocycles. The van der Waals surface area contributed by atoms with Crippen LogP contribution < -0.4 is 5.32 Å². The van der Waals surface area contributed by atoms with Gasteiger partial charge in [-0.25, -0.2) is 8.78 Å². The SMILES string of the molecule is CSc1ccc(C(CC(=O)O)NC(=O)C2CC2c2ccc(F)c(F)c2)cc1. The normalized spacial score (nSPS) is 19.4. The van der Waals surface area contributed by atoms with Gasteiger partial charge in [-0.05, 0) is 54.0 Å². The first-order valence-corrected chi connectivity index (χ1v) is 9.72. The predicted octanol–water partition coefficient (Wildman–Crippen LogP) is 4.12. The minimum Gasteiger partial charge on any atom is -0.481 e. The van der Waals surface area contributed by atoms with E-state index in [-0.39, 0.29) is 24.2 Å². The molecule has 1 saturated carbocycles. The number of thioether (sulfide) groups is 1. The van der Waals surface area contributed by atoms with Gasteiger partial charge in [0.05, 0.1) is 12.5 Å². The summed E-state index contributed by atoms with van der Waals surface area (Å²) in [6, 6.07) is 10.4. The van der Waals surface area contributed by atoms with Crippen LogP contribution in [-0.4, -0.2) is 23.2 Å². The zero-order chi connectivity index (χ0) is 19.6. The minimum atomic E-state index is -1.01. The van der Waals surface area contributed by atoms with Crippen molar-refractivity contribution >= 4 is 23.6 Å². The van der Waals surface area contributed by atoms with Gasteiger partial charge in [0.25, 0.3) is 0 Å². The first kappa shape index (κ1) is 19.4. The highest BCUT2D eigenvalue weighted by Gasteiger charge is 2.44. The van der Waals surface area contributed by atoms with E-state index in [2.05, 4.69) is 5.32 Å². The highest BCUT2D eigenvalue weighted by Crippen LogP contribution is 2.48. The van der Waals surface area contributed by atoms with Crippen LogP contribution in [0.5, 0.6) is 0 Å². The molecule has 3 unspecified atom stereocenters. The molecule has 27 heavy (non-hydrogen) atoms. The van der Waals surface area contributed by atoms with Crippen LogP contribution in [0.25, 0.3) is 0 Å². The molecule has 7 heteroatoms. The van der Waals surface area contributed by atoms with E-state index in [1.807, 2.05) is 18.4 Å². The maximum absolute atomic E-state index is 13.4. The zero-order valence-corrected chi connectivity index (χ0v) is 15.4. The van der Waals surface area contributed by atoms with Gasteiger partial charge >= 0.3 is 5.97 Å². The average molecular weight is 391 g/mol. The van der Waals surface area contributed by atoms with E-state index in [0.717, 1.165) is 17.0 Å². The van der Waals surface area contributed by atoms with E-state index < -0.39 is 23.6 Å². The van der Waals surface area contributed by atoms with Crippen molar-refractivity contribution in [1.29, 1.82) is 0 Å². The number of rotatable bonds is 7. The molecule has 0 spiro atoms. The summed E-state index contributed by atoms with van der Waals surface area (Å²) in [5, 5.41) is 12.0. The molecule has 3 rings (SSSR count). The highest BCUT2D eigenvalue weighted by molar-refractivity contribution is 7.98. The number of carbonyl (C=O) groups is 2. The number of hydrogen-bond acceptors (Lipinski definition) is 3. The number of halogens is 2. The maximum atomic E-state index is 13.4. The van der Waals surface area contributed by atoms with Crippen LogP contribution in [0.15, 0.2) is 47.4 Å². The number of carboxylic acid groups (broad SMARTS) is 1. The van der Waals surface area contributed by atoms with Crippen LogP contribution in [0.1, 0.15) is 35.9 Å². The molecule has 1 amide bonds. The van der Waals surface area contributed by atoms with Crippen molar-refractivity contribution in [3.63, 3.8) is 0 Å². The topological polar surface area (TPSA) is 66.4 Å². The van der Waals surface area contributed by atoms with Crippen LogP contribution in [0.2, 0.25) is 0 Å². The van der Waals surface area contributed by atoms with Gasteiger partial charge in [-0.2, -0.15) is 0 Å². The van der Waals surface area contributed by atoms with Crippen molar-refractivity contribution in [2.24, 2.45) is 5.92 Å². The summed E-state index contributed by atoms with van der Waals surface area (Å²) in [6.07, 6.45) is 2.24. The molecule has 2 N–H and O–H groups in total. The molecule has 1 aliphatic rings. The molecular weight excluding hydrogens is 372 g/mol. The molecule has 0 saturated heterocycles. The first-order chi connectivity index (χ1) is 12.9. The Morgan fingerprint density at radius 1 is 1.19 bits per heavy atom. The van der Waals surface area contributed by atoms with Gasteiger partial charge in [-0.3, -0.25) is 9.59 Å². The molecular formula is C20H19F2NO3S. The summed E-state index contributed by atoms with van der Waals surface area (Å²) in [6.45, 7) is 0. The summed E-state index contributed by atoms with van der Waals surface area (Å²) in [5.41, 5.74) is 1.29. The molecule has 0 radical (unpaired) electrons. The van der Waals surface area contributed by atoms with Crippen molar-refractivity contribution in [1.82, 2.24) is 5.32 Å². The first-order valence-electron chi connectivity index (χ1n) is 8.50. The number of carbonyl (C=O) groups excluding carboxylic acids is 1. The number of nitrogens with one attached hydrogen (secondary N) is 1. The van der Waals surface area contributed by atoms with Crippen molar-refractivity contribution in [3.05, 3.63) is 65.2 Å². The third-order valence-corrected chi connectivity index (χ3v) is 5.46. The van der Waals surface area contributed by atoms with Crippen LogP contribution >= 0.6 is 11.8 Å². The quantitative estimate of drug-likeness (QED) is 0.697. The predicted molar refractivity (Wildman–Crippen MR) is 98.6 cm³/mol. The van der Waals surface area contributed by atoms with Crippen molar-refractivity contribution in [3.8, 4) is 0 Å². The van der Waals surface area contributed by atoms with Crippen LogP contribution in [-0.2, 0) is 9.59 Å². The Bertz CT molecular complexity index is 857. The summed E-state index contributed by atoms with van der Waals surface area (Å²) in [5.74, 6) is -3.68. The van der Waals surface area contributed by atoms with Crippen LogP contribution in [0, 0.1) is 17.6 Å². The van der Waals surface area contributed by atoms with E-state index >= 15 is 0 Å². The Morgan fingerprint density at radius 2 is 1.89 bits per heavy atom. The second kappa shape index (κ2) is 8.08. The lowest BCUT2D eigenvalue weighted by Gasteiger charge is -2.18. The highest BCUT2D eigenvalue weighted by atomic mass is 32.2. The monoisotopic (exact) mass is 391 g/mol. The fraction of sp³-hybridized carbons (Fsp3) is 0.300. The number of amides is 1. The van der Waals surface area contributed by atoms with E-state index in [1.165, 1.54) is 6.07 Å². The molecule has 0 bridgehead atoms. The Balaban J connectivity index is 1.69. The maximum Gasteiger partial charge on any atom is 0.305 e. The number of carboxylic acids is 1. The number of aliphatic carboxylic acids is 1. The van der Waals surface area contributed by atoms with Gasteiger partial charge in [0.15, 0.2) is 11.6 Å². The van der Waals surface area contributed by atoms with E-state index in [1.54, 1.807) is 23.9 Å². The smallest absolute Gasteiger partial charge is 0.305 e. The zero-order valence-electron chi connectivity index (χ0n) is 14.6. The average Bonchev–Trinajstić information content (AvgIpc) is 3.44. The van der Waals surface area contributed by atoms with Gasteiger partial charge in [-0.1, -0.05) is 18.2 Å².